The van der Waals surface area contributed by atoms with E-state index in [1.54, 1.807) is 14.2 Å². The molecule has 1 atom stereocenters. The van der Waals surface area contributed by atoms with Crippen LogP contribution in [0.15, 0.2) is 12.7 Å². The fourth-order valence-corrected chi connectivity index (χ4v) is 4.41. The third-order valence-corrected chi connectivity index (χ3v) is 5.88. The van der Waals surface area contributed by atoms with Gasteiger partial charge in [-0.25, -0.2) is 0 Å². The van der Waals surface area contributed by atoms with E-state index in [4.69, 9.17) is 9.47 Å². The Morgan fingerprint density at radius 2 is 1.48 bits per heavy atom. The molecule has 25 heavy (non-hydrogen) atoms. The van der Waals surface area contributed by atoms with Crippen LogP contribution in [0.4, 0.5) is 0 Å². The van der Waals surface area contributed by atoms with Crippen LogP contribution in [0.25, 0.3) is 0 Å². The van der Waals surface area contributed by atoms with Gasteiger partial charge in [0.1, 0.15) is 0 Å². The average Bonchev–Trinajstić information content (AvgIpc) is 2.63. The number of hydrogen-bond acceptors (Lipinski definition) is 3. The largest absolute Gasteiger partial charge is 0.353 e. The summed E-state index contributed by atoms with van der Waals surface area (Å²) in [5.74, 6) is -0.736. The molecular formula is C22H42O3. The molecule has 0 aliphatic heterocycles. The number of unbranched alkanes of at least 4 members (excludes halogenated alkanes) is 4. The summed E-state index contributed by atoms with van der Waals surface area (Å²) in [4.78, 5) is 12.9. The monoisotopic (exact) mass is 354 g/mol. The minimum atomic E-state index is -0.772. The SMILES string of the molecule is C=CC(=O)C(CCCCCCC)C(CCC)(CCC)C(C)(OC)OC. The highest BCUT2D eigenvalue weighted by atomic mass is 16.7. The van der Waals surface area contributed by atoms with Crippen LogP contribution in [0, 0.1) is 11.3 Å². The minimum absolute atomic E-state index is 0.101. The number of carbonyl (C=O) groups is 1. The van der Waals surface area contributed by atoms with E-state index in [0.29, 0.717) is 0 Å². The zero-order valence-electron chi connectivity index (χ0n) is 17.7. The van der Waals surface area contributed by atoms with Crippen molar-refractivity contribution < 1.29 is 14.3 Å². The molecule has 0 heterocycles. The Bertz CT molecular complexity index is 365. The van der Waals surface area contributed by atoms with E-state index >= 15 is 0 Å². The zero-order chi connectivity index (χ0) is 19.3. The zero-order valence-corrected chi connectivity index (χ0v) is 17.7. The van der Waals surface area contributed by atoms with Gasteiger partial charge in [-0.05, 0) is 32.3 Å². The molecule has 0 N–H and O–H groups in total. The van der Waals surface area contributed by atoms with Crippen LogP contribution < -0.4 is 0 Å². The maximum atomic E-state index is 12.9. The van der Waals surface area contributed by atoms with Crippen molar-refractivity contribution in [2.24, 2.45) is 11.3 Å². The van der Waals surface area contributed by atoms with Crippen molar-refractivity contribution in [3.8, 4) is 0 Å². The maximum Gasteiger partial charge on any atom is 0.170 e. The van der Waals surface area contributed by atoms with Gasteiger partial charge in [-0.3, -0.25) is 4.79 Å². The molecule has 0 spiro atoms. The van der Waals surface area contributed by atoms with E-state index in [1.807, 2.05) is 6.92 Å². The van der Waals surface area contributed by atoms with Gasteiger partial charge in [0, 0.05) is 25.6 Å². The summed E-state index contributed by atoms with van der Waals surface area (Å²) < 4.78 is 11.7. The van der Waals surface area contributed by atoms with E-state index in [-0.39, 0.29) is 17.1 Å². The number of methoxy groups -OCH3 is 2. The van der Waals surface area contributed by atoms with Gasteiger partial charge in [0.05, 0.1) is 0 Å². The van der Waals surface area contributed by atoms with Crippen molar-refractivity contribution in [2.75, 3.05) is 14.2 Å². The average molecular weight is 355 g/mol. The highest BCUT2D eigenvalue weighted by Gasteiger charge is 2.54. The van der Waals surface area contributed by atoms with Crippen molar-refractivity contribution in [3.63, 3.8) is 0 Å². The Labute approximate surface area is 156 Å². The first kappa shape index (κ1) is 24.3. The van der Waals surface area contributed by atoms with Gasteiger partial charge in [-0.2, -0.15) is 0 Å². The second kappa shape index (κ2) is 12.6. The second-order valence-electron chi connectivity index (χ2n) is 7.37. The standard InChI is InChI=1S/C22H42O3/c1-8-12-13-14-15-16-19(20(23)11-4)22(17-9-2,18-10-3)21(5,24-6)25-7/h11,19H,4,8-10,12-18H2,1-3,5-7H3. The van der Waals surface area contributed by atoms with Crippen LogP contribution >= 0.6 is 0 Å². The third-order valence-electron chi connectivity index (χ3n) is 5.88. The van der Waals surface area contributed by atoms with Crippen LogP contribution in [0.1, 0.15) is 91.9 Å². The van der Waals surface area contributed by atoms with Gasteiger partial charge >= 0.3 is 0 Å². The van der Waals surface area contributed by atoms with E-state index in [2.05, 4.69) is 27.4 Å². The minimum Gasteiger partial charge on any atom is -0.353 e. The maximum absolute atomic E-state index is 12.9. The Kier molecular flexibility index (Phi) is 12.3. The van der Waals surface area contributed by atoms with Crippen LogP contribution in [0.2, 0.25) is 0 Å². The molecule has 1 unspecified atom stereocenters. The van der Waals surface area contributed by atoms with Crippen LogP contribution in [0.5, 0.6) is 0 Å². The number of rotatable bonds is 16. The van der Waals surface area contributed by atoms with Crippen LogP contribution in [-0.4, -0.2) is 25.8 Å². The van der Waals surface area contributed by atoms with E-state index < -0.39 is 5.79 Å². The van der Waals surface area contributed by atoms with Crippen molar-refractivity contribution in [2.45, 2.75) is 97.7 Å². The first-order valence-electron chi connectivity index (χ1n) is 10.2. The summed E-state index contributed by atoms with van der Waals surface area (Å²) in [6.07, 6.45) is 12.2. The fourth-order valence-electron chi connectivity index (χ4n) is 4.41. The summed E-state index contributed by atoms with van der Waals surface area (Å²) in [7, 11) is 3.39. The number of allylic oxidation sites excluding steroid dienone is 1. The first-order chi connectivity index (χ1) is 11.9. The quantitative estimate of drug-likeness (QED) is 0.185. The number of ether oxygens (including phenoxy) is 2. The van der Waals surface area contributed by atoms with Gasteiger partial charge in [0.25, 0.3) is 0 Å². The van der Waals surface area contributed by atoms with Crippen molar-refractivity contribution in [1.82, 2.24) is 0 Å². The lowest BCUT2D eigenvalue weighted by atomic mass is 9.61. The summed E-state index contributed by atoms with van der Waals surface area (Å²) >= 11 is 0. The molecule has 0 aliphatic carbocycles. The van der Waals surface area contributed by atoms with Gasteiger partial charge < -0.3 is 9.47 Å². The molecule has 3 heteroatoms. The molecule has 3 nitrogen and oxygen atoms in total. The summed E-state index contributed by atoms with van der Waals surface area (Å²) in [5.41, 5.74) is -0.323. The highest BCUT2D eigenvalue weighted by Crippen LogP contribution is 2.51. The fraction of sp³-hybridized carbons (Fsp3) is 0.864. The van der Waals surface area contributed by atoms with E-state index in [9.17, 15) is 4.79 Å². The molecule has 0 amide bonds. The van der Waals surface area contributed by atoms with Gasteiger partial charge in [-0.1, -0.05) is 72.3 Å². The van der Waals surface area contributed by atoms with Gasteiger partial charge in [-0.15, -0.1) is 0 Å². The number of ketones is 1. The molecule has 0 rings (SSSR count). The van der Waals surface area contributed by atoms with Gasteiger partial charge in [0.15, 0.2) is 11.6 Å². The van der Waals surface area contributed by atoms with Crippen molar-refractivity contribution in [1.29, 1.82) is 0 Å². The molecule has 0 bridgehead atoms. The van der Waals surface area contributed by atoms with Crippen molar-refractivity contribution in [3.05, 3.63) is 12.7 Å². The second-order valence-corrected chi connectivity index (χ2v) is 7.37. The predicted octanol–water partition coefficient (Wildman–Crippen LogP) is 6.31. The lowest BCUT2D eigenvalue weighted by Crippen LogP contribution is -2.55. The molecular weight excluding hydrogens is 312 g/mol. The molecule has 0 aromatic rings. The number of hydrogen-bond donors (Lipinski definition) is 0. The smallest absolute Gasteiger partial charge is 0.170 e. The van der Waals surface area contributed by atoms with Gasteiger partial charge in [0.2, 0.25) is 0 Å². The molecule has 0 radical (unpaired) electrons. The Balaban J connectivity index is 5.72. The first-order valence-corrected chi connectivity index (χ1v) is 10.2. The predicted molar refractivity (Wildman–Crippen MR) is 107 cm³/mol. The van der Waals surface area contributed by atoms with E-state index in [1.165, 1.54) is 31.8 Å². The van der Waals surface area contributed by atoms with Crippen LogP contribution in [0.3, 0.4) is 0 Å². The molecule has 0 fully saturated rings. The highest BCUT2D eigenvalue weighted by molar-refractivity contribution is 5.91. The van der Waals surface area contributed by atoms with Crippen LogP contribution in [-0.2, 0) is 14.3 Å². The normalized spacial score (nSPS) is 13.7. The lowest BCUT2D eigenvalue weighted by Gasteiger charge is -2.51. The molecule has 148 valence electrons. The molecule has 0 saturated heterocycles. The molecule has 0 aliphatic rings. The van der Waals surface area contributed by atoms with Crippen molar-refractivity contribution >= 4 is 5.78 Å². The molecule has 0 aromatic carbocycles. The third kappa shape index (κ3) is 6.21. The lowest BCUT2D eigenvalue weighted by molar-refractivity contribution is -0.282. The molecule has 0 saturated carbocycles. The van der Waals surface area contributed by atoms with E-state index in [0.717, 1.165) is 38.5 Å². The topological polar surface area (TPSA) is 35.5 Å². The summed E-state index contributed by atoms with van der Waals surface area (Å²) in [6, 6.07) is 0. The number of carbonyl (C=O) groups excluding carboxylic acids is 1. The Morgan fingerprint density at radius 3 is 1.88 bits per heavy atom. The molecule has 0 aromatic heterocycles. The Morgan fingerprint density at radius 1 is 0.960 bits per heavy atom. The summed E-state index contributed by atoms with van der Waals surface area (Å²) in [5, 5.41) is 0. The Hall–Kier alpha value is -0.670. The summed E-state index contributed by atoms with van der Waals surface area (Å²) in [6.45, 7) is 12.3.